The number of ether oxygens (including phenoxy) is 1. The van der Waals surface area contributed by atoms with Gasteiger partial charge in [0.15, 0.2) is 0 Å². The molecule has 32 heavy (non-hydrogen) atoms. The molecular formula is C22H26N6O4. The minimum Gasteiger partial charge on any atom is -0.496 e. The Balaban J connectivity index is 1.62. The first-order valence-corrected chi connectivity index (χ1v) is 10.5. The SMILES string of the molecule is COc1cc2c(cc1-c1c(C)noc1C)[nH]c1ncnc(NCCCCCC(=O)NO)c12. The Labute approximate surface area is 184 Å². The van der Waals surface area contributed by atoms with Crippen LogP contribution in [-0.4, -0.2) is 44.9 Å². The zero-order valence-corrected chi connectivity index (χ0v) is 18.3. The van der Waals surface area contributed by atoms with Crippen molar-refractivity contribution in [1.29, 1.82) is 0 Å². The average Bonchev–Trinajstić information content (AvgIpc) is 3.33. The molecule has 0 bridgehead atoms. The van der Waals surface area contributed by atoms with Gasteiger partial charge in [0, 0.05) is 29.4 Å². The highest BCUT2D eigenvalue weighted by Crippen LogP contribution is 2.40. The minimum atomic E-state index is -0.362. The highest BCUT2D eigenvalue weighted by atomic mass is 16.5. The van der Waals surface area contributed by atoms with E-state index in [9.17, 15) is 4.79 Å². The lowest BCUT2D eigenvalue weighted by Crippen LogP contribution is -2.17. The topological polar surface area (TPSA) is 138 Å². The first-order chi connectivity index (χ1) is 15.5. The van der Waals surface area contributed by atoms with Crippen molar-refractivity contribution in [2.75, 3.05) is 19.0 Å². The second-order valence-corrected chi connectivity index (χ2v) is 7.64. The van der Waals surface area contributed by atoms with Crippen LogP contribution in [0.4, 0.5) is 5.82 Å². The third kappa shape index (κ3) is 4.09. The van der Waals surface area contributed by atoms with E-state index in [0.717, 1.165) is 63.2 Å². The van der Waals surface area contributed by atoms with Crippen LogP contribution >= 0.6 is 0 Å². The van der Waals surface area contributed by atoms with E-state index in [-0.39, 0.29) is 5.91 Å². The van der Waals surface area contributed by atoms with E-state index in [1.54, 1.807) is 12.6 Å². The highest BCUT2D eigenvalue weighted by Gasteiger charge is 2.20. The second kappa shape index (κ2) is 9.23. The fraction of sp³-hybridized carbons (Fsp3) is 0.364. The van der Waals surface area contributed by atoms with Crippen molar-refractivity contribution in [2.45, 2.75) is 39.5 Å². The molecular weight excluding hydrogens is 412 g/mol. The van der Waals surface area contributed by atoms with Gasteiger partial charge in [0.05, 0.1) is 23.8 Å². The van der Waals surface area contributed by atoms with Crippen molar-refractivity contribution in [1.82, 2.24) is 25.6 Å². The van der Waals surface area contributed by atoms with Crippen LogP contribution in [0.25, 0.3) is 33.1 Å². The lowest BCUT2D eigenvalue weighted by atomic mass is 10.0. The van der Waals surface area contributed by atoms with E-state index < -0.39 is 0 Å². The Kier molecular flexibility index (Phi) is 6.22. The number of amides is 1. The number of hydroxylamine groups is 1. The summed E-state index contributed by atoms with van der Waals surface area (Å²) in [5.74, 6) is 1.82. The van der Waals surface area contributed by atoms with Gasteiger partial charge in [-0.05, 0) is 38.8 Å². The summed E-state index contributed by atoms with van der Waals surface area (Å²) in [6.07, 6.45) is 4.27. The number of aromatic amines is 1. The van der Waals surface area contributed by atoms with Crippen molar-refractivity contribution in [3.63, 3.8) is 0 Å². The quantitative estimate of drug-likeness (QED) is 0.175. The minimum absolute atomic E-state index is 0.309. The molecule has 0 unspecified atom stereocenters. The maximum absolute atomic E-state index is 11.1. The Bertz CT molecular complexity index is 1240. The van der Waals surface area contributed by atoms with Crippen LogP contribution in [-0.2, 0) is 4.79 Å². The number of methoxy groups -OCH3 is 1. The highest BCUT2D eigenvalue weighted by molar-refractivity contribution is 6.12. The number of hydrogen-bond acceptors (Lipinski definition) is 8. The Hall–Kier alpha value is -3.66. The summed E-state index contributed by atoms with van der Waals surface area (Å²) in [6, 6.07) is 4.01. The van der Waals surface area contributed by atoms with Gasteiger partial charge in [-0.25, -0.2) is 15.4 Å². The lowest BCUT2D eigenvalue weighted by Gasteiger charge is -2.10. The van der Waals surface area contributed by atoms with Crippen molar-refractivity contribution in [3.05, 3.63) is 29.9 Å². The van der Waals surface area contributed by atoms with Gasteiger partial charge in [-0.2, -0.15) is 0 Å². The van der Waals surface area contributed by atoms with E-state index in [0.29, 0.717) is 25.1 Å². The first kappa shape index (κ1) is 21.6. The predicted molar refractivity (Wildman–Crippen MR) is 120 cm³/mol. The molecule has 4 aromatic rings. The Morgan fingerprint density at radius 1 is 1.22 bits per heavy atom. The molecule has 0 spiro atoms. The number of hydrogen-bond donors (Lipinski definition) is 4. The molecule has 4 N–H and O–H groups in total. The number of benzene rings is 1. The van der Waals surface area contributed by atoms with Crippen LogP contribution in [0.15, 0.2) is 23.0 Å². The van der Waals surface area contributed by atoms with Crippen molar-refractivity contribution >= 4 is 33.7 Å². The third-order valence-electron chi connectivity index (χ3n) is 5.51. The molecule has 1 amide bonds. The Morgan fingerprint density at radius 2 is 2.06 bits per heavy atom. The predicted octanol–water partition coefficient (Wildman–Crippen LogP) is 3.87. The summed E-state index contributed by atoms with van der Waals surface area (Å²) >= 11 is 0. The van der Waals surface area contributed by atoms with Gasteiger partial charge < -0.3 is 19.6 Å². The van der Waals surface area contributed by atoms with Crippen LogP contribution in [0.1, 0.15) is 37.1 Å². The fourth-order valence-electron chi connectivity index (χ4n) is 3.97. The van der Waals surface area contributed by atoms with Gasteiger partial charge in [-0.1, -0.05) is 11.6 Å². The summed E-state index contributed by atoms with van der Waals surface area (Å²) < 4.78 is 11.1. The fourth-order valence-corrected chi connectivity index (χ4v) is 3.97. The number of aryl methyl sites for hydroxylation is 2. The van der Waals surface area contributed by atoms with Crippen molar-refractivity contribution in [3.8, 4) is 16.9 Å². The first-order valence-electron chi connectivity index (χ1n) is 10.5. The molecule has 0 saturated heterocycles. The van der Waals surface area contributed by atoms with Crippen LogP contribution in [0.5, 0.6) is 5.75 Å². The van der Waals surface area contributed by atoms with Crippen LogP contribution in [0, 0.1) is 13.8 Å². The van der Waals surface area contributed by atoms with Gasteiger partial charge in [0.1, 0.15) is 29.3 Å². The summed E-state index contributed by atoms with van der Waals surface area (Å²) in [5.41, 5.74) is 5.91. The molecule has 4 rings (SSSR count). The summed E-state index contributed by atoms with van der Waals surface area (Å²) in [4.78, 5) is 23.3. The number of rotatable bonds is 9. The Morgan fingerprint density at radius 3 is 2.78 bits per heavy atom. The number of carbonyl (C=O) groups excluding carboxylic acids is 1. The van der Waals surface area contributed by atoms with E-state index in [4.69, 9.17) is 14.5 Å². The number of H-pyrrole nitrogens is 1. The monoisotopic (exact) mass is 438 g/mol. The van der Waals surface area contributed by atoms with Crippen molar-refractivity contribution in [2.24, 2.45) is 0 Å². The third-order valence-corrected chi connectivity index (χ3v) is 5.51. The van der Waals surface area contributed by atoms with Crippen LogP contribution < -0.4 is 15.5 Å². The van der Waals surface area contributed by atoms with Gasteiger partial charge in [0.25, 0.3) is 0 Å². The molecule has 3 heterocycles. The van der Waals surface area contributed by atoms with E-state index >= 15 is 0 Å². The number of unbranched alkanes of at least 4 members (excludes halogenated alkanes) is 2. The molecule has 0 atom stereocenters. The molecule has 0 aliphatic heterocycles. The van der Waals surface area contributed by atoms with E-state index in [1.807, 2.05) is 26.0 Å². The average molecular weight is 438 g/mol. The lowest BCUT2D eigenvalue weighted by molar-refractivity contribution is -0.129. The molecule has 10 nitrogen and oxygen atoms in total. The molecule has 0 fully saturated rings. The maximum atomic E-state index is 11.1. The largest absolute Gasteiger partial charge is 0.496 e. The molecule has 0 saturated carbocycles. The molecule has 0 radical (unpaired) electrons. The molecule has 0 aliphatic carbocycles. The maximum Gasteiger partial charge on any atom is 0.243 e. The molecule has 1 aromatic carbocycles. The molecule has 10 heteroatoms. The normalized spacial score (nSPS) is 11.2. The van der Waals surface area contributed by atoms with E-state index in [1.165, 1.54) is 6.33 Å². The molecule has 0 aliphatic rings. The number of nitrogens with zero attached hydrogens (tertiary/aromatic N) is 3. The number of fused-ring (bicyclic) bond motifs is 3. The smallest absolute Gasteiger partial charge is 0.243 e. The summed E-state index contributed by atoms with van der Waals surface area (Å²) in [5, 5.41) is 17.8. The van der Waals surface area contributed by atoms with Gasteiger partial charge in [-0.3, -0.25) is 10.0 Å². The number of aromatic nitrogens is 4. The molecule has 3 aromatic heterocycles. The summed E-state index contributed by atoms with van der Waals surface area (Å²) in [6.45, 7) is 4.49. The van der Waals surface area contributed by atoms with Crippen LogP contribution in [0.2, 0.25) is 0 Å². The van der Waals surface area contributed by atoms with E-state index in [2.05, 4.69) is 25.4 Å². The summed E-state index contributed by atoms with van der Waals surface area (Å²) in [7, 11) is 1.64. The van der Waals surface area contributed by atoms with Crippen molar-refractivity contribution < 1.29 is 19.3 Å². The standard InChI is InChI=1S/C22H26N6O4/c1-12-19(13(2)32-28-12)15-9-16-14(10-17(15)31-3)20-21(24-11-25-22(20)26-16)23-8-6-4-5-7-18(29)27-30/h9-11,30H,4-8H2,1-3H3,(H,27,29)(H2,23,24,25,26). The second-order valence-electron chi connectivity index (χ2n) is 7.64. The van der Waals surface area contributed by atoms with Gasteiger partial charge in [0.2, 0.25) is 5.91 Å². The number of anilines is 1. The molecule has 168 valence electrons. The number of carbonyl (C=O) groups is 1. The zero-order valence-electron chi connectivity index (χ0n) is 18.3. The van der Waals surface area contributed by atoms with Gasteiger partial charge >= 0.3 is 0 Å². The van der Waals surface area contributed by atoms with Crippen LogP contribution in [0.3, 0.4) is 0 Å². The van der Waals surface area contributed by atoms with Gasteiger partial charge in [-0.15, -0.1) is 0 Å². The zero-order chi connectivity index (χ0) is 22.7. The number of nitrogens with one attached hydrogen (secondary N) is 3.